The van der Waals surface area contributed by atoms with E-state index in [-0.39, 0.29) is 5.88 Å². The highest BCUT2D eigenvalue weighted by molar-refractivity contribution is 6.48. The Labute approximate surface area is 107 Å². The summed E-state index contributed by atoms with van der Waals surface area (Å²) in [6, 6.07) is 0. The van der Waals surface area contributed by atoms with Crippen molar-refractivity contribution in [2.24, 2.45) is 0 Å². The molecule has 8 heteroatoms. The van der Waals surface area contributed by atoms with Crippen molar-refractivity contribution in [1.29, 1.82) is 0 Å². The van der Waals surface area contributed by atoms with Gasteiger partial charge in [0.05, 0.1) is 12.0 Å². The maximum atomic E-state index is 8.54. The van der Waals surface area contributed by atoms with E-state index in [4.69, 9.17) is 79.8 Å². The zero-order chi connectivity index (χ0) is 11.0. The largest absolute Gasteiger partial charge is 0.389 e. The number of rotatable bonds is 3. The predicted molar refractivity (Wildman–Crippen MR) is 59.6 cm³/mol. The van der Waals surface area contributed by atoms with Crippen molar-refractivity contribution in [3.63, 3.8) is 0 Å². The SMILES string of the molecule is OC(CCl)C(Cl)Cl.OC(Cl)C(Cl)Cl. The molecule has 0 aromatic carbocycles. The van der Waals surface area contributed by atoms with Crippen molar-refractivity contribution in [3.8, 4) is 0 Å². The number of hydrogen-bond donors (Lipinski definition) is 2. The van der Waals surface area contributed by atoms with Gasteiger partial charge in [0.25, 0.3) is 0 Å². The van der Waals surface area contributed by atoms with Gasteiger partial charge in [-0.1, -0.05) is 11.6 Å². The molecule has 0 bridgehead atoms. The van der Waals surface area contributed by atoms with Crippen LogP contribution in [0.1, 0.15) is 0 Å². The Morgan fingerprint density at radius 2 is 1.15 bits per heavy atom. The van der Waals surface area contributed by atoms with Crippen LogP contribution in [0.15, 0.2) is 0 Å². The van der Waals surface area contributed by atoms with Crippen molar-refractivity contribution in [3.05, 3.63) is 0 Å². The molecule has 2 atom stereocenters. The standard InChI is InChI=1S/C3H5Cl3O.C2H3Cl3O/c4-1-2(7)3(5)6;3-1(4)2(5)6/h2-3,7H,1H2;1-2,6H. The Hall–Kier alpha value is 1.66. The van der Waals surface area contributed by atoms with E-state index in [1.807, 2.05) is 0 Å². The quantitative estimate of drug-likeness (QED) is 0.787. The van der Waals surface area contributed by atoms with Crippen molar-refractivity contribution >= 4 is 69.6 Å². The van der Waals surface area contributed by atoms with E-state index in [2.05, 4.69) is 0 Å². The Kier molecular flexibility index (Phi) is 13.4. The number of aliphatic hydroxyl groups excluding tert-OH is 2. The molecule has 0 heterocycles. The average Bonchev–Trinajstić information content (AvgIpc) is 2.03. The summed E-state index contributed by atoms with van der Waals surface area (Å²) < 4.78 is 0. The van der Waals surface area contributed by atoms with Gasteiger partial charge in [0.2, 0.25) is 0 Å². The molecular formula is C5H8Cl6O2. The van der Waals surface area contributed by atoms with Gasteiger partial charge in [0.1, 0.15) is 9.67 Å². The monoisotopic (exact) mass is 310 g/mol. The molecular weight excluding hydrogens is 305 g/mol. The minimum Gasteiger partial charge on any atom is -0.389 e. The Morgan fingerprint density at radius 3 is 1.15 bits per heavy atom. The Morgan fingerprint density at radius 1 is 0.846 bits per heavy atom. The molecule has 82 valence electrons. The topological polar surface area (TPSA) is 40.5 Å². The van der Waals surface area contributed by atoms with Crippen molar-refractivity contribution in [2.45, 2.75) is 21.3 Å². The van der Waals surface area contributed by atoms with Crippen LogP contribution in [0.3, 0.4) is 0 Å². The summed E-state index contributed by atoms with van der Waals surface area (Å²) in [5.74, 6) is 0.0810. The summed E-state index contributed by atoms with van der Waals surface area (Å²) in [4.78, 5) is -1.65. The summed E-state index contributed by atoms with van der Waals surface area (Å²) in [5.41, 5.74) is -1.15. The van der Waals surface area contributed by atoms with E-state index in [1.165, 1.54) is 0 Å². The highest BCUT2D eigenvalue weighted by Gasteiger charge is 2.09. The van der Waals surface area contributed by atoms with Crippen LogP contribution < -0.4 is 0 Å². The molecule has 0 aliphatic heterocycles. The first-order valence-corrected chi connectivity index (χ1v) is 5.67. The molecule has 0 saturated carbocycles. The molecule has 0 aromatic heterocycles. The summed E-state index contributed by atoms with van der Waals surface area (Å²) in [5, 5.41) is 16.7. The Bertz CT molecular complexity index is 103. The normalized spacial score (nSPS) is 15.2. The van der Waals surface area contributed by atoms with Crippen molar-refractivity contribution < 1.29 is 10.2 Å². The molecule has 0 amide bonds. The minimum atomic E-state index is -1.15. The summed E-state index contributed by atoms with van der Waals surface area (Å²) in [7, 11) is 0. The maximum Gasteiger partial charge on any atom is 0.157 e. The van der Waals surface area contributed by atoms with Crippen molar-refractivity contribution in [1.82, 2.24) is 0 Å². The van der Waals surface area contributed by atoms with Crippen LogP contribution in [0.5, 0.6) is 0 Å². The van der Waals surface area contributed by atoms with Crippen LogP contribution in [0.4, 0.5) is 0 Å². The van der Waals surface area contributed by atoms with Gasteiger partial charge in [-0.15, -0.1) is 58.0 Å². The summed E-state index contributed by atoms with van der Waals surface area (Å²) >= 11 is 30.3. The van der Waals surface area contributed by atoms with Crippen LogP contribution in [0.2, 0.25) is 0 Å². The van der Waals surface area contributed by atoms with Crippen LogP contribution in [0.25, 0.3) is 0 Å². The predicted octanol–water partition coefficient (Wildman–Crippen LogP) is 2.74. The second-order valence-electron chi connectivity index (χ2n) is 1.76. The van der Waals surface area contributed by atoms with E-state index in [0.29, 0.717) is 0 Å². The fourth-order valence-electron chi connectivity index (χ4n) is 0.0673. The molecule has 0 radical (unpaired) electrons. The van der Waals surface area contributed by atoms with E-state index in [1.54, 1.807) is 0 Å². The van der Waals surface area contributed by atoms with Crippen LogP contribution >= 0.6 is 69.6 Å². The van der Waals surface area contributed by atoms with Crippen molar-refractivity contribution in [2.75, 3.05) is 5.88 Å². The van der Waals surface area contributed by atoms with Crippen LogP contribution in [-0.4, -0.2) is 37.4 Å². The maximum absolute atomic E-state index is 8.54. The zero-order valence-corrected chi connectivity index (χ0v) is 10.7. The number of hydrogen-bond acceptors (Lipinski definition) is 2. The third-order valence-electron chi connectivity index (χ3n) is 0.657. The number of alkyl halides is 6. The molecule has 0 aliphatic rings. The summed E-state index contributed by atoms with van der Waals surface area (Å²) in [6.45, 7) is 0. The average molecular weight is 313 g/mol. The molecule has 0 fully saturated rings. The first kappa shape index (κ1) is 17.1. The second-order valence-corrected chi connectivity index (χ2v) is 4.85. The number of aliphatic hydroxyl groups is 2. The van der Waals surface area contributed by atoms with Gasteiger partial charge in [-0.25, -0.2) is 0 Å². The van der Waals surface area contributed by atoms with Crippen LogP contribution in [0, 0.1) is 0 Å². The lowest BCUT2D eigenvalue weighted by molar-refractivity contribution is 0.213. The smallest absolute Gasteiger partial charge is 0.157 e. The second kappa shape index (κ2) is 10.2. The molecule has 2 nitrogen and oxygen atoms in total. The van der Waals surface area contributed by atoms with Gasteiger partial charge in [0, 0.05) is 0 Å². The third kappa shape index (κ3) is 13.7. The van der Waals surface area contributed by atoms with Gasteiger partial charge in [0.15, 0.2) is 5.56 Å². The molecule has 2 N–H and O–H groups in total. The Balaban J connectivity index is 0. The lowest BCUT2D eigenvalue weighted by Crippen LogP contribution is -2.16. The molecule has 0 saturated heterocycles. The molecule has 0 aromatic rings. The zero-order valence-electron chi connectivity index (χ0n) is 6.18. The molecule has 0 spiro atoms. The van der Waals surface area contributed by atoms with E-state index < -0.39 is 21.3 Å². The first-order valence-electron chi connectivity index (χ1n) is 2.95. The van der Waals surface area contributed by atoms with Gasteiger partial charge >= 0.3 is 0 Å². The van der Waals surface area contributed by atoms with Gasteiger partial charge in [-0.05, 0) is 0 Å². The fraction of sp³-hybridized carbons (Fsp3) is 1.00. The van der Waals surface area contributed by atoms with E-state index in [9.17, 15) is 0 Å². The molecule has 13 heavy (non-hydrogen) atoms. The fourth-order valence-corrected chi connectivity index (χ4v) is 0.606. The minimum absolute atomic E-state index is 0.0810. The number of halogens is 6. The first-order chi connectivity index (χ1) is 5.82. The van der Waals surface area contributed by atoms with Crippen LogP contribution in [-0.2, 0) is 0 Å². The summed E-state index contributed by atoms with van der Waals surface area (Å²) in [6.07, 6.45) is -0.801. The highest BCUT2D eigenvalue weighted by atomic mass is 35.5. The lowest BCUT2D eigenvalue weighted by atomic mass is 10.5. The molecule has 2 unspecified atom stereocenters. The van der Waals surface area contributed by atoms with Gasteiger partial charge < -0.3 is 10.2 Å². The third-order valence-corrected chi connectivity index (χ3v) is 2.54. The molecule has 0 rings (SSSR count). The molecule has 0 aliphatic carbocycles. The van der Waals surface area contributed by atoms with E-state index >= 15 is 0 Å². The van der Waals surface area contributed by atoms with E-state index in [0.717, 1.165) is 0 Å². The lowest BCUT2D eigenvalue weighted by Gasteiger charge is -2.03. The van der Waals surface area contributed by atoms with Gasteiger partial charge in [-0.2, -0.15) is 0 Å². The highest BCUT2D eigenvalue weighted by Crippen LogP contribution is 2.09. The van der Waals surface area contributed by atoms with Gasteiger partial charge in [-0.3, -0.25) is 0 Å².